The molecule has 0 saturated carbocycles. The number of nitrogens with zero attached hydrogens (tertiary/aromatic N) is 3. The van der Waals surface area contributed by atoms with Crippen LogP contribution in [-0.4, -0.2) is 53.9 Å². The van der Waals surface area contributed by atoms with E-state index < -0.39 is 10.7 Å². The van der Waals surface area contributed by atoms with Gasteiger partial charge in [0.25, 0.3) is 5.91 Å². The Kier molecular flexibility index (Phi) is 6.72. The zero-order valence-corrected chi connectivity index (χ0v) is 19.1. The Morgan fingerprint density at radius 3 is 2.58 bits per heavy atom. The fraction of sp³-hybridized carbons (Fsp3) is 0.273. The van der Waals surface area contributed by atoms with Crippen molar-refractivity contribution in [2.24, 2.45) is 0 Å². The molecule has 9 heteroatoms. The molecular weight excluding hydrogens is 459 g/mol. The maximum Gasteiger partial charge on any atom is 0.257 e. The molecule has 1 N–H and O–H groups in total. The van der Waals surface area contributed by atoms with Crippen LogP contribution in [0, 0.1) is 0 Å². The van der Waals surface area contributed by atoms with E-state index >= 15 is 0 Å². The van der Waals surface area contributed by atoms with Crippen molar-refractivity contribution < 1.29 is 9.21 Å². The van der Waals surface area contributed by atoms with Crippen LogP contribution in [0.15, 0.2) is 53.1 Å². The third-order valence-electron chi connectivity index (χ3n) is 5.20. The minimum Gasteiger partial charge on any atom is -0.436 e. The van der Waals surface area contributed by atoms with Gasteiger partial charge in [-0.25, -0.2) is 4.98 Å². The van der Waals surface area contributed by atoms with Crippen LogP contribution in [-0.2, 0) is 4.79 Å². The van der Waals surface area contributed by atoms with E-state index in [1.54, 1.807) is 24.4 Å². The van der Waals surface area contributed by atoms with E-state index in [-0.39, 0.29) is 0 Å². The number of oxazole rings is 1. The highest BCUT2D eigenvalue weighted by Crippen LogP contribution is 2.39. The first kappa shape index (κ1) is 22.0. The number of rotatable bonds is 5. The summed E-state index contributed by atoms with van der Waals surface area (Å²) in [5, 5.41) is 3.28. The lowest BCUT2D eigenvalue weighted by Crippen LogP contribution is -2.44. The van der Waals surface area contributed by atoms with Gasteiger partial charge in [0.05, 0.1) is 28.0 Å². The van der Waals surface area contributed by atoms with Crippen molar-refractivity contribution in [3.05, 3.63) is 53.7 Å². The number of piperazine rings is 1. The topological polar surface area (TPSA) is 61.6 Å². The third kappa shape index (κ3) is 4.83. The molecule has 0 bridgehead atoms. The Bertz CT molecular complexity index is 1080. The zero-order chi connectivity index (χ0) is 22.0. The number of benzene rings is 2. The van der Waals surface area contributed by atoms with Crippen molar-refractivity contribution in [1.29, 1.82) is 0 Å². The highest BCUT2D eigenvalue weighted by Gasteiger charge is 2.23. The molecule has 3 aromatic rings. The minimum atomic E-state index is -1.18. The van der Waals surface area contributed by atoms with Crippen molar-refractivity contribution in [1.82, 2.24) is 9.88 Å². The molecule has 1 aliphatic heterocycles. The second-order valence-electron chi connectivity index (χ2n) is 7.29. The van der Waals surface area contributed by atoms with E-state index in [1.807, 2.05) is 24.3 Å². The average molecular weight is 480 g/mol. The predicted molar refractivity (Wildman–Crippen MR) is 126 cm³/mol. The first-order valence-electron chi connectivity index (χ1n) is 9.80. The summed E-state index contributed by atoms with van der Waals surface area (Å²) < 4.78 is 6.12. The number of carbonyl (C=O) groups excluding carboxylic acids is 1. The SMILES string of the molecule is CN1CCN(c2cccc(Cl)c2-c2cnc(-c3ccccc3NC(=O)C(Cl)Cl)o2)CC1. The lowest BCUT2D eigenvalue weighted by atomic mass is 10.1. The fourth-order valence-electron chi connectivity index (χ4n) is 3.55. The Hall–Kier alpha value is -2.25. The minimum absolute atomic E-state index is 0.357. The number of nitrogens with one attached hydrogen (secondary N) is 1. The number of alkyl halides is 2. The number of carbonyl (C=O) groups is 1. The van der Waals surface area contributed by atoms with Gasteiger partial charge in [-0.2, -0.15) is 0 Å². The van der Waals surface area contributed by atoms with Crippen molar-refractivity contribution in [2.45, 2.75) is 4.84 Å². The highest BCUT2D eigenvalue weighted by atomic mass is 35.5. The first-order chi connectivity index (χ1) is 14.9. The monoisotopic (exact) mass is 478 g/mol. The molecule has 0 aliphatic carbocycles. The second kappa shape index (κ2) is 9.49. The van der Waals surface area contributed by atoms with Crippen LogP contribution in [0.5, 0.6) is 0 Å². The molecule has 1 fully saturated rings. The van der Waals surface area contributed by atoms with Crippen molar-refractivity contribution in [3.8, 4) is 22.8 Å². The van der Waals surface area contributed by atoms with Gasteiger partial charge in [-0.05, 0) is 31.3 Å². The summed E-state index contributed by atoms with van der Waals surface area (Å²) in [7, 11) is 2.12. The summed E-state index contributed by atoms with van der Waals surface area (Å²) >= 11 is 17.9. The van der Waals surface area contributed by atoms with Crippen LogP contribution in [0.3, 0.4) is 0 Å². The third-order valence-corrected chi connectivity index (χ3v) is 5.91. The van der Waals surface area contributed by atoms with E-state index in [0.717, 1.165) is 37.4 Å². The van der Waals surface area contributed by atoms with Crippen LogP contribution in [0.1, 0.15) is 0 Å². The number of anilines is 2. The van der Waals surface area contributed by atoms with E-state index in [2.05, 4.69) is 27.1 Å². The lowest BCUT2D eigenvalue weighted by Gasteiger charge is -2.35. The van der Waals surface area contributed by atoms with E-state index in [9.17, 15) is 4.79 Å². The standard InChI is InChI=1S/C22H21Cl3N4O2/c1-28-9-11-29(12-10-28)17-8-4-6-15(23)19(17)18-13-26-22(31-18)14-5-2-3-7-16(14)27-21(30)20(24)25/h2-8,13,20H,9-12H2,1H3,(H,27,30). The van der Waals surface area contributed by atoms with E-state index in [0.29, 0.717) is 27.9 Å². The predicted octanol–water partition coefficient (Wildman–Crippen LogP) is 5.16. The van der Waals surface area contributed by atoms with Gasteiger partial charge < -0.3 is 19.5 Å². The molecule has 1 saturated heterocycles. The van der Waals surface area contributed by atoms with E-state index in [4.69, 9.17) is 39.2 Å². The molecule has 0 atom stereocenters. The highest BCUT2D eigenvalue weighted by molar-refractivity contribution is 6.54. The molecule has 0 unspecified atom stereocenters. The summed E-state index contributed by atoms with van der Waals surface area (Å²) in [5.41, 5.74) is 2.93. The van der Waals surface area contributed by atoms with Crippen molar-refractivity contribution in [3.63, 3.8) is 0 Å². The molecule has 31 heavy (non-hydrogen) atoms. The Morgan fingerprint density at radius 1 is 1.10 bits per heavy atom. The maximum atomic E-state index is 12.0. The van der Waals surface area contributed by atoms with E-state index in [1.165, 1.54) is 0 Å². The number of likely N-dealkylation sites (N-methyl/N-ethyl adjacent to an activating group) is 1. The van der Waals surface area contributed by atoms with Crippen LogP contribution in [0.25, 0.3) is 22.8 Å². The largest absolute Gasteiger partial charge is 0.436 e. The summed E-state index contributed by atoms with van der Waals surface area (Å²) in [4.78, 5) is 19.8. The molecular formula is C22H21Cl3N4O2. The molecule has 0 spiro atoms. The summed E-state index contributed by atoms with van der Waals surface area (Å²) in [6.45, 7) is 3.75. The molecule has 6 nitrogen and oxygen atoms in total. The summed E-state index contributed by atoms with van der Waals surface area (Å²) in [5.74, 6) is 0.394. The van der Waals surface area contributed by atoms with Crippen LogP contribution < -0.4 is 10.2 Å². The average Bonchev–Trinajstić information content (AvgIpc) is 3.24. The van der Waals surface area contributed by atoms with Gasteiger partial charge in [0.15, 0.2) is 10.6 Å². The lowest BCUT2D eigenvalue weighted by molar-refractivity contribution is -0.114. The molecule has 1 amide bonds. The molecule has 1 aromatic heterocycles. The fourth-order valence-corrected chi connectivity index (χ4v) is 3.92. The Morgan fingerprint density at radius 2 is 1.84 bits per heavy atom. The number of hydrogen-bond donors (Lipinski definition) is 1. The second-order valence-corrected chi connectivity index (χ2v) is 8.79. The number of para-hydroxylation sites is 1. The molecule has 2 heterocycles. The zero-order valence-electron chi connectivity index (χ0n) is 16.8. The van der Waals surface area contributed by atoms with Gasteiger partial charge in [-0.15, -0.1) is 0 Å². The molecule has 0 radical (unpaired) electrons. The van der Waals surface area contributed by atoms with Crippen molar-refractivity contribution in [2.75, 3.05) is 43.4 Å². The van der Waals surface area contributed by atoms with Crippen LogP contribution >= 0.6 is 34.8 Å². The van der Waals surface area contributed by atoms with Crippen molar-refractivity contribution >= 4 is 52.1 Å². The normalized spacial score (nSPS) is 14.8. The maximum absolute atomic E-state index is 12.0. The number of halogens is 3. The summed E-state index contributed by atoms with van der Waals surface area (Å²) in [6.07, 6.45) is 1.65. The first-order valence-corrected chi connectivity index (χ1v) is 11.1. The Balaban J connectivity index is 1.69. The number of aromatic nitrogens is 1. The molecule has 4 rings (SSSR count). The van der Waals surface area contributed by atoms with Crippen LogP contribution in [0.2, 0.25) is 5.02 Å². The van der Waals surface area contributed by atoms with Gasteiger partial charge in [-0.1, -0.05) is 53.0 Å². The van der Waals surface area contributed by atoms with Gasteiger partial charge in [0.1, 0.15) is 0 Å². The Labute approximate surface area is 195 Å². The summed E-state index contributed by atoms with van der Waals surface area (Å²) in [6, 6.07) is 13.0. The molecule has 2 aromatic carbocycles. The van der Waals surface area contributed by atoms with Gasteiger partial charge >= 0.3 is 0 Å². The number of amides is 1. The van der Waals surface area contributed by atoms with Gasteiger partial charge in [-0.3, -0.25) is 4.79 Å². The van der Waals surface area contributed by atoms with Gasteiger partial charge in [0, 0.05) is 31.9 Å². The molecule has 1 aliphatic rings. The van der Waals surface area contributed by atoms with Crippen LogP contribution in [0.4, 0.5) is 11.4 Å². The quantitative estimate of drug-likeness (QED) is 0.512. The smallest absolute Gasteiger partial charge is 0.257 e. The van der Waals surface area contributed by atoms with Gasteiger partial charge in [0.2, 0.25) is 5.89 Å². The molecule has 162 valence electrons. The number of hydrogen-bond acceptors (Lipinski definition) is 5.